The Hall–Kier alpha value is -3.41. The summed E-state index contributed by atoms with van der Waals surface area (Å²) in [6.45, 7) is 1.43. The number of rotatable bonds is 11. The van der Waals surface area contributed by atoms with E-state index in [9.17, 15) is 18.0 Å². The van der Waals surface area contributed by atoms with Crippen LogP contribution >= 0.6 is 34.5 Å². The Balaban J connectivity index is 1.37. The van der Waals surface area contributed by atoms with E-state index in [4.69, 9.17) is 33.7 Å². The van der Waals surface area contributed by atoms with Crippen molar-refractivity contribution in [2.75, 3.05) is 32.5 Å². The number of sulfonamides is 1. The maximum atomic E-state index is 13.9. The summed E-state index contributed by atoms with van der Waals surface area (Å²) >= 11 is 14.2. The lowest BCUT2D eigenvalue weighted by molar-refractivity contribution is -0.125. The normalized spacial score (nSPS) is 14.7. The van der Waals surface area contributed by atoms with Crippen molar-refractivity contribution in [3.8, 4) is 27.3 Å². The summed E-state index contributed by atoms with van der Waals surface area (Å²) in [5, 5.41) is 0.982. The number of piperidine rings is 1. The molecule has 2 amide bonds. The van der Waals surface area contributed by atoms with Gasteiger partial charge in [0.05, 0.1) is 28.2 Å². The summed E-state index contributed by atoms with van der Waals surface area (Å²) in [5.74, 6) is 0.142. The van der Waals surface area contributed by atoms with E-state index in [1.807, 2.05) is 66.7 Å². The SMILES string of the molecule is CS(=O)(=O)NCCCOc1ccc(-c2cc(C(=O)N3CCC(C(N)=O)(c4ccccc4)CC3)sc2-c2ccc(Cl)cc2Cl)cc1. The molecule has 0 saturated carbocycles. The molecular formula is C33H33Cl2N3O5S2. The van der Waals surface area contributed by atoms with Gasteiger partial charge in [-0.25, -0.2) is 13.1 Å². The van der Waals surface area contributed by atoms with Crippen LogP contribution in [-0.4, -0.2) is 57.6 Å². The second-order valence-corrected chi connectivity index (χ2v) is 14.7. The third kappa shape index (κ3) is 7.70. The first-order valence-corrected chi connectivity index (χ1v) is 17.8. The number of carbonyl (C=O) groups is 2. The third-order valence-corrected chi connectivity index (χ3v) is 10.4. The van der Waals surface area contributed by atoms with Crippen LogP contribution in [-0.2, 0) is 20.2 Å². The predicted molar refractivity (Wildman–Crippen MR) is 181 cm³/mol. The number of nitrogens with zero attached hydrogens (tertiary/aromatic N) is 1. The van der Waals surface area contributed by atoms with Gasteiger partial charge in [0, 0.05) is 40.7 Å². The van der Waals surface area contributed by atoms with Crippen LogP contribution in [0.4, 0.5) is 0 Å². The number of likely N-dealkylation sites (tertiary alicyclic amines) is 1. The first kappa shape index (κ1) is 33.0. The molecular weight excluding hydrogens is 653 g/mol. The molecule has 0 spiro atoms. The fraction of sp³-hybridized carbons (Fsp3) is 0.273. The fourth-order valence-corrected chi connectivity index (χ4v) is 7.78. The minimum atomic E-state index is -3.24. The molecule has 4 aromatic rings. The van der Waals surface area contributed by atoms with Crippen molar-refractivity contribution in [3.05, 3.63) is 99.3 Å². The number of benzene rings is 3. The van der Waals surface area contributed by atoms with Crippen molar-refractivity contribution in [3.63, 3.8) is 0 Å². The molecule has 5 rings (SSSR count). The van der Waals surface area contributed by atoms with Gasteiger partial charge in [0.1, 0.15) is 5.75 Å². The van der Waals surface area contributed by atoms with Crippen LogP contribution in [0.15, 0.2) is 78.9 Å². The van der Waals surface area contributed by atoms with Gasteiger partial charge in [0.2, 0.25) is 15.9 Å². The lowest BCUT2D eigenvalue weighted by Crippen LogP contribution is -2.51. The van der Waals surface area contributed by atoms with Crippen LogP contribution in [0.25, 0.3) is 21.6 Å². The number of hydrogen-bond acceptors (Lipinski definition) is 6. The van der Waals surface area contributed by atoms with Gasteiger partial charge in [0.25, 0.3) is 5.91 Å². The quantitative estimate of drug-likeness (QED) is 0.178. The van der Waals surface area contributed by atoms with Crippen LogP contribution in [0.5, 0.6) is 5.75 Å². The largest absolute Gasteiger partial charge is 0.494 e. The highest BCUT2D eigenvalue weighted by Gasteiger charge is 2.42. The highest BCUT2D eigenvalue weighted by atomic mass is 35.5. The van der Waals surface area contributed by atoms with Gasteiger partial charge in [-0.2, -0.15) is 0 Å². The van der Waals surface area contributed by atoms with Crippen molar-refractivity contribution < 1.29 is 22.7 Å². The first-order valence-electron chi connectivity index (χ1n) is 14.4. The number of amides is 2. The van der Waals surface area contributed by atoms with E-state index in [0.29, 0.717) is 66.2 Å². The van der Waals surface area contributed by atoms with Crippen molar-refractivity contribution in [2.45, 2.75) is 24.7 Å². The van der Waals surface area contributed by atoms with E-state index >= 15 is 0 Å². The molecule has 1 aliphatic rings. The number of thiophene rings is 1. The Morgan fingerprint density at radius 1 is 0.978 bits per heavy atom. The zero-order chi connectivity index (χ0) is 32.2. The van der Waals surface area contributed by atoms with Crippen LogP contribution in [0.1, 0.15) is 34.5 Å². The van der Waals surface area contributed by atoms with Gasteiger partial charge >= 0.3 is 0 Å². The number of ether oxygens (including phenoxy) is 1. The topological polar surface area (TPSA) is 119 Å². The second-order valence-electron chi connectivity index (χ2n) is 11.0. The van der Waals surface area contributed by atoms with Crippen LogP contribution < -0.4 is 15.2 Å². The molecule has 0 bridgehead atoms. The molecule has 1 aromatic heterocycles. The number of nitrogens with one attached hydrogen (secondary N) is 1. The summed E-state index contributed by atoms with van der Waals surface area (Å²) in [4.78, 5) is 29.7. The van der Waals surface area contributed by atoms with Gasteiger partial charge in [0.15, 0.2) is 0 Å². The molecule has 3 aromatic carbocycles. The molecule has 1 fully saturated rings. The second kappa shape index (κ2) is 13.9. The van der Waals surface area contributed by atoms with E-state index in [-0.39, 0.29) is 11.8 Å². The van der Waals surface area contributed by atoms with E-state index in [0.717, 1.165) is 33.4 Å². The highest BCUT2D eigenvalue weighted by Crippen LogP contribution is 2.44. The average Bonchev–Trinajstić information content (AvgIpc) is 3.46. The first-order chi connectivity index (χ1) is 21.5. The minimum Gasteiger partial charge on any atom is -0.494 e. The maximum absolute atomic E-state index is 13.9. The average molecular weight is 687 g/mol. The zero-order valence-electron chi connectivity index (χ0n) is 24.6. The molecule has 12 heteroatoms. The molecule has 236 valence electrons. The Labute approximate surface area is 277 Å². The van der Waals surface area contributed by atoms with E-state index in [2.05, 4.69) is 4.72 Å². The van der Waals surface area contributed by atoms with Crippen molar-refractivity contribution in [2.24, 2.45) is 5.73 Å². The smallest absolute Gasteiger partial charge is 0.263 e. The van der Waals surface area contributed by atoms with Gasteiger partial charge in [-0.1, -0.05) is 71.7 Å². The summed E-state index contributed by atoms with van der Waals surface area (Å²) in [7, 11) is -3.24. The Bertz CT molecular complexity index is 1790. The van der Waals surface area contributed by atoms with Crippen LogP contribution in [0, 0.1) is 0 Å². The fourth-order valence-electron chi connectivity index (χ4n) is 5.52. The minimum absolute atomic E-state index is 0.119. The standard InChI is InChI=1S/C33H33Cl2N3O5S2/c1-45(41,42)37-16-5-19-43-25-11-8-22(9-12-25)27-21-29(44-30(27)26-13-10-24(34)20-28(26)35)31(39)38-17-14-33(15-18-38,32(36)40)23-6-3-2-4-7-23/h2-4,6-13,20-21,37H,5,14-19H2,1H3,(H2,36,40). The molecule has 0 atom stereocenters. The van der Waals surface area contributed by atoms with Crippen LogP contribution in [0.3, 0.4) is 0 Å². The molecule has 0 aliphatic carbocycles. The van der Waals surface area contributed by atoms with Gasteiger partial charge in [-0.3, -0.25) is 9.59 Å². The van der Waals surface area contributed by atoms with E-state index in [1.165, 1.54) is 11.3 Å². The summed E-state index contributed by atoms with van der Waals surface area (Å²) in [6.07, 6.45) is 2.52. The lowest BCUT2D eigenvalue weighted by Gasteiger charge is -2.40. The van der Waals surface area contributed by atoms with Gasteiger partial charge in [-0.15, -0.1) is 11.3 Å². The Kier molecular flexibility index (Phi) is 10.2. The Morgan fingerprint density at radius 3 is 2.29 bits per heavy atom. The van der Waals surface area contributed by atoms with Crippen molar-refractivity contribution >= 4 is 56.4 Å². The van der Waals surface area contributed by atoms with Crippen molar-refractivity contribution in [1.29, 1.82) is 0 Å². The molecule has 3 N–H and O–H groups in total. The highest BCUT2D eigenvalue weighted by molar-refractivity contribution is 7.88. The molecule has 2 heterocycles. The molecule has 1 aliphatic heterocycles. The van der Waals surface area contributed by atoms with Gasteiger partial charge < -0.3 is 15.4 Å². The van der Waals surface area contributed by atoms with Crippen molar-refractivity contribution in [1.82, 2.24) is 9.62 Å². The number of halogens is 2. The number of primary amides is 1. The van der Waals surface area contributed by atoms with Gasteiger partial charge in [-0.05, 0) is 60.7 Å². The zero-order valence-corrected chi connectivity index (χ0v) is 27.7. The molecule has 45 heavy (non-hydrogen) atoms. The lowest BCUT2D eigenvalue weighted by atomic mass is 9.72. The Morgan fingerprint density at radius 2 is 1.67 bits per heavy atom. The molecule has 1 saturated heterocycles. The van der Waals surface area contributed by atoms with Crippen LogP contribution in [0.2, 0.25) is 10.0 Å². The number of hydrogen-bond donors (Lipinski definition) is 2. The van der Waals surface area contributed by atoms with E-state index < -0.39 is 15.4 Å². The molecule has 0 radical (unpaired) electrons. The monoisotopic (exact) mass is 685 g/mol. The number of nitrogens with two attached hydrogens (primary N) is 1. The number of carbonyl (C=O) groups excluding carboxylic acids is 2. The summed E-state index contributed by atoms with van der Waals surface area (Å²) in [5.41, 5.74) is 8.44. The predicted octanol–water partition coefficient (Wildman–Crippen LogP) is 6.37. The molecule has 0 unspecified atom stereocenters. The maximum Gasteiger partial charge on any atom is 0.263 e. The summed E-state index contributed by atoms with van der Waals surface area (Å²) < 4.78 is 30.7. The third-order valence-electron chi connectivity index (χ3n) is 7.94. The summed E-state index contributed by atoms with van der Waals surface area (Å²) in [6, 6.07) is 24.2. The van der Waals surface area contributed by atoms with E-state index in [1.54, 1.807) is 17.0 Å². The molecule has 8 nitrogen and oxygen atoms in total.